The van der Waals surface area contributed by atoms with Crippen LogP contribution in [0.25, 0.3) is 10.1 Å². The minimum atomic E-state index is 0.205. The number of benzene rings is 1. The summed E-state index contributed by atoms with van der Waals surface area (Å²) in [7, 11) is 0. The van der Waals surface area contributed by atoms with Gasteiger partial charge in [0.05, 0.1) is 0 Å². The molecule has 2 aromatic rings. The van der Waals surface area contributed by atoms with Crippen molar-refractivity contribution in [2.24, 2.45) is 11.8 Å². The van der Waals surface area contributed by atoms with E-state index >= 15 is 0 Å². The van der Waals surface area contributed by atoms with Crippen LogP contribution in [-0.4, -0.2) is 37.0 Å². The molecule has 2 aliphatic heterocycles. The maximum Gasteiger partial charge on any atom is 0.253 e. The van der Waals surface area contributed by atoms with Gasteiger partial charge in [-0.15, -0.1) is 11.3 Å². The molecule has 2 saturated heterocycles. The van der Waals surface area contributed by atoms with Crippen LogP contribution in [0.5, 0.6) is 0 Å². The average molecular weight is 300 g/mol. The first-order valence-electron chi connectivity index (χ1n) is 7.78. The van der Waals surface area contributed by atoms with Gasteiger partial charge < -0.3 is 10.2 Å². The number of nitrogens with one attached hydrogen (secondary N) is 1. The second kappa shape index (κ2) is 5.43. The van der Waals surface area contributed by atoms with E-state index in [1.165, 1.54) is 10.1 Å². The van der Waals surface area contributed by atoms with Crippen LogP contribution in [0.15, 0.2) is 29.6 Å². The first-order chi connectivity index (χ1) is 10.3. The maximum absolute atomic E-state index is 12.8. The number of carbonyl (C=O) groups excluding carboxylic acids is 1. The van der Waals surface area contributed by atoms with Crippen molar-refractivity contribution in [1.82, 2.24) is 10.2 Å². The molecule has 2 atom stereocenters. The molecule has 0 aliphatic carbocycles. The van der Waals surface area contributed by atoms with Crippen molar-refractivity contribution in [3.63, 3.8) is 0 Å². The van der Waals surface area contributed by atoms with Gasteiger partial charge in [-0.3, -0.25) is 4.79 Å². The second-order valence-electron chi connectivity index (χ2n) is 6.22. The summed E-state index contributed by atoms with van der Waals surface area (Å²) in [6, 6.07) is 8.19. The molecule has 0 bridgehead atoms. The van der Waals surface area contributed by atoms with Crippen LogP contribution < -0.4 is 5.32 Å². The van der Waals surface area contributed by atoms with Gasteiger partial charge in [0, 0.05) is 23.4 Å². The van der Waals surface area contributed by atoms with E-state index in [1.807, 2.05) is 12.1 Å². The lowest BCUT2D eigenvalue weighted by atomic mass is 9.92. The van der Waals surface area contributed by atoms with Crippen molar-refractivity contribution < 1.29 is 4.79 Å². The Hall–Kier alpha value is -1.39. The third-order valence-corrected chi connectivity index (χ3v) is 5.90. The maximum atomic E-state index is 12.8. The Kier molecular flexibility index (Phi) is 3.43. The van der Waals surface area contributed by atoms with Gasteiger partial charge in [-0.25, -0.2) is 0 Å². The van der Waals surface area contributed by atoms with Crippen LogP contribution in [-0.2, 0) is 0 Å². The van der Waals surface area contributed by atoms with Crippen molar-refractivity contribution >= 4 is 27.3 Å². The first kappa shape index (κ1) is 13.3. The van der Waals surface area contributed by atoms with Crippen molar-refractivity contribution in [2.45, 2.75) is 12.8 Å². The summed E-state index contributed by atoms with van der Waals surface area (Å²) in [6.07, 6.45) is 2.29. The Morgan fingerprint density at radius 1 is 1.14 bits per heavy atom. The van der Waals surface area contributed by atoms with E-state index in [0.29, 0.717) is 0 Å². The molecule has 2 aliphatic rings. The molecule has 4 heteroatoms. The summed E-state index contributed by atoms with van der Waals surface area (Å²) >= 11 is 1.73. The molecule has 3 nitrogen and oxygen atoms in total. The largest absolute Gasteiger partial charge is 0.339 e. The predicted octanol–water partition coefficient (Wildman–Crippen LogP) is 2.97. The summed E-state index contributed by atoms with van der Waals surface area (Å²) in [5.74, 6) is 1.74. The van der Waals surface area contributed by atoms with Gasteiger partial charge in [-0.2, -0.15) is 0 Å². The van der Waals surface area contributed by atoms with Crippen LogP contribution >= 0.6 is 11.3 Å². The Morgan fingerprint density at radius 2 is 1.90 bits per heavy atom. The van der Waals surface area contributed by atoms with Crippen LogP contribution in [0.1, 0.15) is 23.2 Å². The SMILES string of the molecule is O=C(c1ccc2sccc2c1)N1CC[C@@H]2CNC[C@@H]2CC1. The minimum absolute atomic E-state index is 0.205. The number of hydrogen-bond acceptors (Lipinski definition) is 3. The molecule has 0 radical (unpaired) electrons. The molecule has 1 aromatic carbocycles. The lowest BCUT2D eigenvalue weighted by Gasteiger charge is -2.21. The molecular weight excluding hydrogens is 280 g/mol. The normalized spacial score (nSPS) is 25.8. The zero-order chi connectivity index (χ0) is 14.2. The molecule has 1 N–H and O–H groups in total. The fourth-order valence-corrected chi connectivity index (χ4v) is 4.47. The number of nitrogens with zero attached hydrogens (tertiary/aromatic N) is 1. The molecule has 0 unspecified atom stereocenters. The lowest BCUT2D eigenvalue weighted by Crippen LogP contribution is -2.32. The number of fused-ring (bicyclic) bond motifs is 2. The Bertz CT molecular complexity index is 652. The Morgan fingerprint density at radius 3 is 2.67 bits per heavy atom. The number of carbonyl (C=O) groups is 1. The van der Waals surface area contributed by atoms with Crippen LogP contribution in [0.2, 0.25) is 0 Å². The standard InChI is InChI=1S/C17H20N2OS/c20-17(13-1-2-16-12(9-13)5-8-21-16)19-6-3-14-10-18-11-15(14)4-7-19/h1-2,5,8-9,14-15,18H,3-4,6-7,10-11H2/t14-,15+. The topological polar surface area (TPSA) is 32.3 Å². The fourth-order valence-electron chi connectivity index (χ4n) is 3.70. The number of rotatable bonds is 1. The molecule has 2 fully saturated rings. The van der Waals surface area contributed by atoms with Gasteiger partial charge >= 0.3 is 0 Å². The monoisotopic (exact) mass is 300 g/mol. The molecule has 21 heavy (non-hydrogen) atoms. The summed E-state index contributed by atoms with van der Waals surface area (Å²) in [5, 5.41) is 6.75. The molecule has 0 saturated carbocycles. The quantitative estimate of drug-likeness (QED) is 0.878. The van der Waals surface area contributed by atoms with Gasteiger partial charge in [-0.05, 0) is 72.8 Å². The van der Waals surface area contributed by atoms with Crippen LogP contribution in [0, 0.1) is 11.8 Å². The Balaban J connectivity index is 1.53. The minimum Gasteiger partial charge on any atom is -0.339 e. The van der Waals surface area contributed by atoms with Crippen molar-refractivity contribution in [2.75, 3.05) is 26.2 Å². The van der Waals surface area contributed by atoms with E-state index in [4.69, 9.17) is 0 Å². The fraction of sp³-hybridized carbons (Fsp3) is 0.471. The Labute approximate surface area is 128 Å². The predicted molar refractivity (Wildman–Crippen MR) is 86.8 cm³/mol. The molecule has 3 heterocycles. The summed E-state index contributed by atoms with van der Waals surface area (Å²) in [5.41, 5.74) is 0.839. The highest BCUT2D eigenvalue weighted by atomic mass is 32.1. The van der Waals surface area contributed by atoms with E-state index in [9.17, 15) is 4.79 Å². The summed E-state index contributed by atoms with van der Waals surface area (Å²) in [4.78, 5) is 14.8. The van der Waals surface area contributed by atoms with Gasteiger partial charge in [0.2, 0.25) is 0 Å². The average Bonchev–Trinajstić information content (AvgIpc) is 3.11. The van der Waals surface area contributed by atoms with Gasteiger partial charge in [-0.1, -0.05) is 0 Å². The summed E-state index contributed by atoms with van der Waals surface area (Å²) in [6.45, 7) is 4.08. The van der Waals surface area contributed by atoms with Crippen molar-refractivity contribution in [3.05, 3.63) is 35.2 Å². The zero-order valence-electron chi connectivity index (χ0n) is 12.0. The van der Waals surface area contributed by atoms with Crippen LogP contribution in [0.3, 0.4) is 0 Å². The summed E-state index contributed by atoms with van der Waals surface area (Å²) < 4.78 is 1.25. The smallest absolute Gasteiger partial charge is 0.253 e. The molecule has 110 valence electrons. The van der Waals surface area contributed by atoms with Gasteiger partial charge in [0.1, 0.15) is 0 Å². The molecule has 0 spiro atoms. The lowest BCUT2D eigenvalue weighted by molar-refractivity contribution is 0.0758. The first-order valence-corrected chi connectivity index (χ1v) is 8.66. The number of hydrogen-bond donors (Lipinski definition) is 1. The zero-order valence-corrected chi connectivity index (χ0v) is 12.9. The third kappa shape index (κ3) is 2.47. The number of likely N-dealkylation sites (tertiary alicyclic amines) is 1. The molecule has 1 amide bonds. The van der Waals surface area contributed by atoms with E-state index in [1.54, 1.807) is 11.3 Å². The third-order valence-electron chi connectivity index (χ3n) is 5.01. The highest BCUT2D eigenvalue weighted by molar-refractivity contribution is 7.17. The highest BCUT2D eigenvalue weighted by Gasteiger charge is 2.31. The van der Waals surface area contributed by atoms with Crippen LogP contribution in [0.4, 0.5) is 0 Å². The van der Waals surface area contributed by atoms with Gasteiger partial charge in [0.25, 0.3) is 5.91 Å². The number of amides is 1. The molecule has 1 aromatic heterocycles. The second-order valence-corrected chi connectivity index (χ2v) is 7.17. The van der Waals surface area contributed by atoms with Crippen molar-refractivity contribution in [3.8, 4) is 0 Å². The number of thiophene rings is 1. The van der Waals surface area contributed by atoms with E-state index in [0.717, 1.165) is 56.4 Å². The van der Waals surface area contributed by atoms with E-state index < -0.39 is 0 Å². The van der Waals surface area contributed by atoms with Crippen molar-refractivity contribution in [1.29, 1.82) is 0 Å². The molecular formula is C17H20N2OS. The molecule has 4 rings (SSSR count). The highest BCUT2D eigenvalue weighted by Crippen LogP contribution is 2.28. The van der Waals surface area contributed by atoms with Gasteiger partial charge in [0.15, 0.2) is 0 Å². The van der Waals surface area contributed by atoms with E-state index in [-0.39, 0.29) is 5.91 Å². The van der Waals surface area contributed by atoms with E-state index in [2.05, 4.69) is 27.7 Å².